The van der Waals surface area contributed by atoms with Crippen molar-refractivity contribution in [1.29, 1.82) is 0 Å². The van der Waals surface area contributed by atoms with Gasteiger partial charge in [-0.25, -0.2) is 0 Å². The van der Waals surface area contributed by atoms with Gasteiger partial charge in [0.2, 0.25) is 0 Å². The maximum Gasteiger partial charge on any atom is 0.157 e. The van der Waals surface area contributed by atoms with Gasteiger partial charge in [0.15, 0.2) is 6.29 Å². The summed E-state index contributed by atoms with van der Waals surface area (Å²) in [6, 6.07) is 7.55. The summed E-state index contributed by atoms with van der Waals surface area (Å²) in [6.45, 7) is 1.87. The van der Waals surface area contributed by atoms with E-state index in [1.807, 2.05) is 24.3 Å². The molecule has 1 aromatic carbocycles. The summed E-state index contributed by atoms with van der Waals surface area (Å²) in [5.74, 6) is 1.59. The molecule has 1 saturated heterocycles. The molecular formula is C14H20O4. The molecule has 1 heterocycles. The maximum atomic E-state index is 5.58. The van der Waals surface area contributed by atoms with Crippen molar-refractivity contribution in [3.8, 4) is 11.5 Å². The quantitative estimate of drug-likeness (QED) is 0.729. The Morgan fingerprint density at radius 1 is 1.22 bits per heavy atom. The maximum absolute atomic E-state index is 5.58. The molecule has 4 nitrogen and oxygen atoms in total. The third kappa shape index (κ3) is 4.20. The van der Waals surface area contributed by atoms with Crippen molar-refractivity contribution in [1.82, 2.24) is 0 Å². The number of methoxy groups -OCH3 is 1. The minimum absolute atomic E-state index is 0.0485. The predicted octanol–water partition coefficient (Wildman–Crippen LogP) is 2.62. The SMILES string of the molecule is COc1cccc(OCCO[C@H]2CCCCO2)c1. The van der Waals surface area contributed by atoms with E-state index in [-0.39, 0.29) is 6.29 Å². The van der Waals surface area contributed by atoms with E-state index in [0.717, 1.165) is 30.9 Å². The Hall–Kier alpha value is -1.26. The van der Waals surface area contributed by atoms with Gasteiger partial charge in [-0.3, -0.25) is 0 Å². The fourth-order valence-corrected chi connectivity index (χ4v) is 1.87. The fourth-order valence-electron chi connectivity index (χ4n) is 1.87. The van der Waals surface area contributed by atoms with Crippen LogP contribution in [0.3, 0.4) is 0 Å². The second-order valence-corrected chi connectivity index (χ2v) is 4.19. The molecule has 1 aromatic rings. The topological polar surface area (TPSA) is 36.9 Å². The van der Waals surface area contributed by atoms with Crippen LogP contribution in [-0.2, 0) is 9.47 Å². The molecule has 100 valence electrons. The first kappa shape index (κ1) is 13.2. The van der Waals surface area contributed by atoms with E-state index in [9.17, 15) is 0 Å². The summed E-state index contributed by atoms with van der Waals surface area (Å²) in [5.41, 5.74) is 0. The van der Waals surface area contributed by atoms with Crippen LogP contribution in [0.2, 0.25) is 0 Å². The van der Waals surface area contributed by atoms with Gasteiger partial charge in [0, 0.05) is 12.7 Å². The van der Waals surface area contributed by atoms with Crippen molar-refractivity contribution in [3.63, 3.8) is 0 Å². The molecule has 18 heavy (non-hydrogen) atoms. The molecule has 0 amide bonds. The van der Waals surface area contributed by atoms with Crippen molar-refractivity contribution >= 4 is 0 Å². The first-order valence-corrected chi connectivity index (χ1v) is 6.38. The molecule has 0 N–H and O–H groups in total. The van der Waals surface area contributed by atoms with Gasteiger partial charge >= 0.3 is 0 Å². The highest BCUT2D eigenvalue weighted by atomic mass is 16.7. The highest BCUT2D eigenvalue weighted by molar-refractivity contribution is 5.32. The standard InChI is InChI=1S/C14H20O4/c1-15-12-5-4-6-13(11-12)16-9-10-18-14-7-2-3-8-17-14/h4-6,11,14H,2-3,7-10H2,1H3/t14-/m0/s1. The van der Waals surface area contributed by atoms with Crippen LogP contribution in [0.15, 0.2) is 24.3 Å². The molecule has 1 atom stereocenters. The van der Waals surface area contributed by atoms with Crippen molar-refractivity contribution in [2.24, 2.45) is 0 Å². The Labute approximate surface area is 108 Å². The molecular weight excluding hydrogens is 232 g/mol. The normalized spacial score (nSPS) is 19.5. The van der Waals surface area contributed by atoms with Gasteiger partial charge in [-0.1, -0.05) is 6.07 Å². The number of hydrogen-bond donors (Lipinski definition) is 0. The van der Waals surface area contributed by atoms with Gasteiger partial charge in [0.25, 0.3) is 0 Å². The first-order chi connectivity index (χ1) is 8.88. The van der Waals surface area contributed by atoms with Crippen LogP contribution in [0.1, 0.15) is 19.3 Å². The Morgan fingerprint density at radius 3 is 2.89 bits per heavy atom. The molecule has 4 heteroatoms. The molecule has 1 aliphatic heterocycles. The van der Waals surface area contributed by atoms with Crippen molar-refractivity contribution < 1.29 is 18.9 Å². The average Bonchev–Trinajstić information content (AvgIpc) is 2.45. The van der Waals surface area contributed by atoms with E-state index >= 15 is 0 Å². The van der Waals surface area contributed by atoms with Gasteiger partial charge in [-0.05, 0) is 31.4 Å². The highest BCUT2D eigenvalue weighted by Gasteiger charge is 2.13. The van der Waals surface area contributed by atoms with Crippen molar-refractivity contribution in [2.75, 3.05) is 26.9 Å². The fraction of sp³-hybridized carbons (Fsp3) is 0.571. The van der Waals surface area contributed by atoms with E-state index in [2.05, 4.69) is 0 Å². The zero-order valence-electron chi connectivity index (χ0n) is 10.8. The van der Waals surface area contributed by atoms with Crippen molar-refractivity contribution in [3.05, 3.63) is 24.3 Å². The summed E-state index contributed by atoms with van der Waals surface area (Å²) < 4.78 is 21.8. The van der Waals surface area contributed by atoms with Crippen LogP contribution in [-0.4, -0.2) is 33.2 Å². The summed E-state index contributed by atoms with van der Waals surface area (Å²) in [6.07, 6.45) is 3.26. The van der Waals surface area contributed by atoms with Crippen molar-refractivity contribution in [2.45, 2.75) is 25.6 Å². The third-order valence-electron chi connectivity index (χ3n) is 2.83. The Morgan fingerprint density at radius 2 is 2.11 bits per heavy atom. The summed E-state index contributed by atoms with van der Waals surface area (Å²) >= 11 is 0. The van der Waals surface area contributed by atoms with Crippen LogP contribution in [0.5, 0.6) is 11.5 Å². The van der Waals surface area contributed by atoms with Gasteiger partial charge in [0.05, 0.1) is 13.7 Å². The zero-order valence-corrected chi connectivity index (χ0v) is 10.8. The number of ether oxygens (including phenoxy) is 4. The molecule has 0 radical (unpaired) electrons. The Bertz CT molecular complexity index is 347. The van der Waals surface area contributed by atoms with Gasteiger partial charge in [0.1, 0.15) is 18.1 Å². The van der Waals surface area contributed by atoms with Crippen LogP contribution >= 0.6 is 0 Å². The molecule has 0 unspecified atom stereocenters. The number of hydrogen-bond acceptors (Lipinski definition) is 4. The summed E-state index contributed by atoms with van der Waals surface area (Å²) in [5, 5.41) is 0. The van der Waals surface area contributed by atoms with Crippen LogP contribution in [0, 0.1) is 0 Å². The second kappa shape index (κ2) is 7.24. The second-order valence-electron chi connectivity index (χ2n) is 4.19. The molecule has 0 aromatic heterocycles. The van der Waals surface area contributed by atoms with E-state index in [0.29, 0.717) is 13.2 Å². The molecule has 1 fully saturated rings. The molecule has 2 rings (SSSR count). The molecule has 0 spiro atoms. The lowest BCUT2D eigenvalue weighted by Gasteiger charge is -2.22. The molecule has 0 saturated carbocycles. The van der Waals surface area contributed by atoms with E-state index in [4.69, 9.17) is 18.9 Å². The number of rotatable bonds is 6. The summed E-state index contributed by atoms with van der Waals surface area (Å²) in [4.78, 5) is 0. The monoisotopic (exact) mass is 252 g/mol. The Kier molecular flexibility index (Phi) is 5.30. The zero-order chi connectivity index (χ0) is 12.6. The smallest absolute Gasteiger partial charge is 0.157 e. The predicted molar refractivity (Wildman–Crippen MR) is 68.0 cm³/mol. The minimum atomic E-state index is -0.0485. The Balaban J connectivity index is 1.65. The number of benzene rings is 1. The lowest BCUT2D eigenvalue weighted by atomic mass is 10.2. The van der Waals surface area contributed by atoms with Crippen LogP contribution in [0.25, 0.3) is 0 Å². The summed E-state index contributed by atoms with van der Waals surface area (Å²) in [7, 11) is 1.64. The van der Waals surface area contributed by atoms with E-state index < -0.39 is 0 Å². The third-order valence-corrected chi connectivity index (χ3v) is 2.83. The van der Waals surface area contributed by atoms with Gasteiger partial charge in [-0.2, -0.15) is 0 Å². The van der Waals surface area contributed by atoms with E-state index in [1.54, 1.807) is 7.11 Å². The van der Waals surface area contributed by atoms with E-state index in [1.165, 1.54) is 6.42 Å². The largest absolute Gasteiger partial charge is 0.497 e. The lowest BCUT2D eigenvalue weighted by Crippen LogP contribution is -2.24. The molecule has 0 aliphatic carbocycles. The molecule has 0 bridgehead atoms. The average molecular weight is 252 g/mol. The van der Waals surface area contributed by atoms with Crippen LogP contribution in [0.4, 0.5) is 0 Å². The van der Waals surface area contributed by atoms with Gasteiger partial charge < -0.3 is 18.9 Å². The van der Waals surface area contributed by atoms with Crippen LogP contribution < -0.4 is 9.47 Å². The first-order valence-electron chi connectivity index (χ1n) is 6.38. The minimum Gasteiger partial charge on any atom is -0.497 e. The highest BCUT2D eigenvalue weighted by Crippen LogP contribution is 2.19. The molecule has 1 aliphatic rings. The van der Waals surface area contributed by atoms with Gasteiger partial charge in [-0.15, -0.1) is 0 Å². The lowest BCUT2D eigenvalue weighted by molar-refractivity contribution is -0.165.